The minimum absolute atomic E-state index is 0.191. The van der Waals surface area contributed by atoms with Crippen LogP contribution in [0.15, 0.2) is 0 Å². The molecule has 14 heavy (non-hydrogen) atoms. The number of nitrogens with zero attached hydrogens (tertiary/aromatic N) is 1. The van der Waals surface area contributed by atoms with E-state index in [-0.39, 0.29) is 12.0 Å². The van der Waals surface area contributed by atoms with Crippen LogP contribution in [-0.2, 0) is 9.63 Å². The Balaban J connectivity index is 2.37. The predicted molar refractivity (Wildman–Crippen MR) is 54.4 cm³/mol. The molecule has 0 atom stereocenters. The van der Waals surface area contributed by atoms with Gasteiger partial charge < -0.3 is 9.74 Å². The van der Waals surface area contributed by atoms with Crippen LogP contribution >= 0.6 is 0 Å². The lowest BCUT2D eigenvalue weighted by atomic mass is 9.92. The second-order valence-corrected chi connectivity index (χ2v) is 3.92. The Labute approximate surface area is 85.3 Å². The minimum atomic E-state index is 0.191. The minimum Gasteiger partial charge on any atom is -0.343 e. The van der Waals surface area contributed by atoms with Gasteiger partial charge in [0.05, 0.1) is 6.10 Å². The van der Waals surface area contributed by atoms with Crippen molar-refractivity contribution in [1.82, 2.24) is 4.90 Å². The highest BCUT2D eigenvalue weighted by Gasteiger charge is 2.25. The molecule has 0 spiro atoms. The molecule has 1 aliphatic rings. The van der Waals surface area contributed by atoms with Gasteiger partial charge in [-0.05, 0) is 25.7 Å². The molecule has 0 saturated heterocycles. The lowest BCUT2D eigenvalue weighted by molar-refractivity contribution is -0.132. The molecular formula is C10H20N2O2. The molecule has 1 saturated carbocycles. The first kappa shape index (κ1) is 11.5. The molecule has 0 bridgehead atoms. The lowest BCUT2D eigenvalue weighted by Gasteiger charge is -2.33. The SMILES string of the molecule is CCC(=O)N(C)C1CCC(ON)CC1. The fourth-order valence-corrected chi connectivity index (χ4v) is 2.02. The first-order chi connectivity index (χ1) is 6.69. The number of rotatable bonds is 3. The third-order valence-corrected chi connectivity index (χ3v) is 3.08. The lowest BCUT2D eigenvalue weighted by Crippen LogP contribution is -2.40. The Morgan fingerprint density at radius 3 is 2.43 bits per heavy atom. The summed E-state index contributed by atoms with van der Waals surface area (Å²) >= 11 is 0. The Hall–Kier alpha value is -0.610. The van der Waals surface area contributed by atoms with Crippen molar-refractivity contribution in [3.8, 4) is 0 Å². The summed E-state index contributed by atoms with van der Waals surface area (Å²) in [5, 5.41) is 0. The molecule has 4 nitrogen and oxygen atoms in total. The van der Waals surface area contributed by atoms with Crippen molar-refractivity contribution in [3.63, 3.8) is 0 Å². The van der Waals surface area contributed by atoms with Crippen molar-refractivity contribution < 1.29 is 9.63 Å². The van der Waals surface area contributed by atoms with Crippen LogP contribution in [0.2, 0.25) is 0 Å². The number of carbonyl (C=O) groups is 1. The Morgan fingerprint density at radius 2 is 2.00 bits per heavy atom. The van der Waals surface area contributed by atoms with Crippen LogP contribution in [0.5, 0.6) is 0 Å². The van der Waals surface area contributed by atoms with Crippen LogP contribution in [0, 0.1) is 0 Å². The van der Waals surface area contributed by atoms with Crippen LogP contribution in [-0.4, -0.2) is 30.0 Å². The van der Waals surface area contributed by atoms with E-state index in [2.05, 4.69) is 0 Å². The second-order valence-electron chi connectivity index (χ2n) is 3.92. The topological polar surface area (TPSA) is 55.6 Å². The van der Waals surface area contributed by atoms with Gasteiger partial charge in [0.15, 0.2) is 0 Å². The highest BCUT2D eigenvalue weighted by molar-refractivity contribution is 5.75. The Kier molecular flexibility index (Phi) is 4.35. The summed E-state index contributed by atoms with van der Waals surface area (Å²) < 4.78 is 0. The molecule has 0 aromatic rings. The van der Waals surface area contributed by atoms with Gasteiger partial charge in [-0.2, -0.15) is 0 Å². The molecule has 1 amide bonds. The van der Waals surface area contributed by atoms with Gasteiger partial charge in [-0.15, -0.1) is 0 Å². The van der Waals surface area contributed by atoms with E-state index in [9.17, 15) is 4.79 Å². The van der Waals surface area contributed by atoms with Gasteiger partial charge in [0, 0.05) is 19.5 Å². The summed E-state index contributed by atoms with van der Waals surface area (Å²) in [4.78, 5) is 18.1. The summed E-state index contributed by atoms with van der Waals surface area (Å²) in [5.74, 6) is 5.35. The van der Waals surface area contributed by atoms with Gasteiger partial charge in [-0.3, -0.25) is 4.79 Å². The summed E-state index contributed by atoms with van der Waals surface area (Å²) in [7, 11) is 1.89. The maximum atomic E-state index is 11.4. The molecule has 0 aliphatic heterocycles. The zero-order valence-electron chi connectivity index (χ0n) is 9.03. The first-order valence-electron chi connectivity index (χ1n) is 5.30. The summed E-state index contributed by atoms with van der Waals surface area (Å²) in [5.41, 5.74) is 0. The summed E-state index contributed by atoms with van der Waals surface area (Å²) in [6, 6.07) is 0.383. The zero-order valence-corrected chi connectivity index (χ0v) is 9.03. The predicted octanol–water partition coefficient (Wildman–Crippen LogP) is 1.06. The van der Waals surface area contributed by atoms with Gasteiger partial charge in [0.1, 0.15) is 0 Å². The average molecular weight is 200 g/mol. The first-order valence-corrected chi connectivity index (χ1v) is 5.30. The molecule has 82 valence electrons. The van der Waals surface area contributed by atoms with Crippen molar-refractivity contribution in [2.45, 2.75) is 51.2 Å². The zero-order chi connectivity index (χ0) is 10.6. The van der Waals surface area contributed by atoms with E-state index in [0.717, 1.165) is 25.7 Å². The van der Waals surface area contributed by atoms with Crippen LogP contribution < -0.4 is 5.90 Å². The van der Waals surface area contributed by atoms with E-state index >= 15 is 0 Å². The van der Waals surface area contributed by atoms with Crippen molar-refractivity contribution in [2.24, 2.45) is 5.90 Å². The number of hydrogen-bond donors (Lipinski definition) is 1. The quantitative estimate of drug-likeness (QED) is 0.693. The van der Waals surface area contributed by atoms with Crippen LogP contribution in [0.1, 0.15) is 39.0 Å². The molecule has 4 heteroatoms. The normalized spacial score (nSPS) is 27.4. The monoisotopic (exact) mass is 200 g/mol. The smallest absolute Gasteiger partial charge is 0.222 e. The third kappa shape index (κ3) is 2.69. The number of nitrogens with two attached hydrogens (primary N) is 1. The number of amides is 1. The molecule has 0 unspecified atom stereocenters. The van der Waals surface area contributed by atoms with E-state index in [1.54, 1.807) is 0 Å². The molecule has 1 fully saturated rings. The maximum absolute atomic E-state index is 11.4. The van der Waals surface area contributed by atoms with E-state index < -0.39 is 0 Å². The molecule has 0 aromatic heterocycles. The fraction of sp³-hybridized carbons (Fsp3) is 0.900. The van der Waals surface area contributed by atoms with E-state index in [4.69, 9.17) is 10.7 Å². The number of hydrogen-bond acceptors (Lipinski definition) is 3. The van der Waals surface area contributed by atoms with E-state index in [0.29, 0.717) is 12.5 Å². The maximum Gasteiger partial charge on any atom is 0.222 e. The summed E-state index contributed by atoms with van der Waals surface area (Å²) in [6.07, 6.45) is 4.71. The van der Waals surface area contributed by atoms with Crippen LogP contribution in [0.3, 0.4) is 0 Å². The highest BCUT2D eigenvalue weighted by atomic mass is 16.6. The van der Waals surface area contributed by atoms with Crippen LogP contribution in [0.25, 0.3) is 0 Å². The van der Waals surface area contributed by atoms with Gasteiger partial charge in [0.2, 0.25) is 5.91 Å². The van der Waals surface area contributed by atoms with Gasteiger partial charge in [0.25, 0.3) is 0 Å². The van der Waals surface area contributed by atoms with Gasteiger partial charge >= 0.3 is 0 Å². The number of carbonyl (C=O) groups excluding carboxylic acids is 1. The Morgan fingerprint density at radius 1 is 1.43 bits per heavy atom. The van der Waals surface area contributed by atoms with Crippen molar-refractivity contribution >= 4 is 5.91 Å². The van der Waals surface area contributed by atoms with E-state index in [1.165, 1.54) is 0 Å². The summed E-state index contributed by atoms with van der Waals surface area (Å²) in [6.45, 7) is 1.90. The largest absolute Gasteiger partial charge is 0.343 e. The average Bonchev–Trinajstić information content (AvgIpc) is 2.27. The molecule has 0 aromatic carbocycles. The highest BCUT2D eigenvalue weighted by Crippen LogP contribution is 2.23. The second kappa shape index (κ2) is 5.32. The molecule has 0 heterocycles. The van der Waals surface area contributed by atoms with Gasteiger partial charge in [-0.25, -0.2) is 5.90 Å². The van der Waals surface area contributed by atoms with Crippen LogP contribution in [0.4, 0.5) is 0 Å². The van der Waals surface area contributed by atoms with Crippen molar-refractivity contribution in [1.29, 1.82) is 0 Å². The Bertz CT molecular complexity index is 189. The standard InChI is InChI=1S/C10H20N2O2/c1-3-10(13)12(2)8-4-6-9(14-11)7-5-8/h8-9H,3-7,11H2,1-2H3. The van der Waals surface area contributed by atoms with Crippen molar-refractivity contribution in [2.75, 3.05) is 7.05 Å². The fourth-order valence-electron chi connectivity index (χ4n) is 2.02. The van der Waals surface area contributed by atoms with Crippen molar-refractivity contribution in [3.05, 3.63) is 0 Å². The van der Waals surface area contributed by atoms with Gasteiger partial charge in [-0.1, -0.05) is 6.92 Å². The molecule has 1 rings (SSSR count). The van der Waals surface area contributed by atoms with E-state index in [1.807, 2.05) is 18.9 Å². The molecule has 0 radical (unpaired) electrons. The molecular weight excluding hydrogens is 180 g/mol. The molecule has 2 N–H and O–H groups in total. The molecule has 1 aliphatic carbocycles. The third-order valence-electron chi connectivity index (χ3n) is 3.08.